The topological polar surface area (TPSA) is 75.4 Å². The summed E-state index contributed by atoms with van der Waals surface area (Å²) in [6.07, 6.45) is 5.13. The van der Waals surface area contributed by atoms with Crippen LogP contribution in [-0.4, -0.2) is 50.0 Å². The minimum atomic E-state index is -0.191. The van der Waals surface area contributed by atoms with Gasteiger partial charge in [0.15, 0.2) is 10.8 Å². The number of likely N-dealkylation sites (tertiary alicyclic amines) is 1. The Morgan fingerprint density at radius 1 is 1.16 bits per heavy atom. The molecule has 4 aromatic rings. The van der Waals surface area contributed by atoms with Crippen LogP contribution in [0, 0.1) is 0 Å². The van der Waals surface area contributed by atoms with Gasteiger partial charge in [0.2, 0.25) is 0 Å². The number of aromatic nitrogens is 4. The lowest BCUT2D eigenvalue weighted by atomic mass is 9.70. The molecule has 0 spiro atoms. The summed E-state index contributed by atoms with van der Waals surface area (Å²) < 4.78 is 1.78. The average molecular weight is 433 g/mol. The van der Waals surface area contributed by atoms with Crippen molar-refractivity contribution in [2.24, 2.45) is 0 Å². The molecular weight excluding hydrogens is 408 g/mol. The smallest absolute Gasteiger partial charge is 0.257 e. The van der Waals surface area contributed by atoms with E-state index in [9.17, 15) is 4.79 Å². The molecule has 0 saturated carbocycles. The van der Waals surface area contributed by atoms with E-state index in [0.717, 1.165) is 30.2 Å². The molecule has 7 nitrogen and oxygen atoms in total. The van der Waals surface area contributed by atoms with Gasteiger partial charge in [-0.3, -0.25) is 9.20 Å². The fourth-order valence-electron chi connectivity index (χ4n) is 4.46. The highest BCUT2D eigenvalue weighted by Gasteiger charge is 2.41. The number of anilines is 1. The quantitative estimate of drug-likeness (QED) is 0.519. The van der Waals surface area contributed by atoms with Gasteiger partial charge in [-0.25, -0.2) is 4.98 Å². The summed E-state index contributed by atoms with van der Waals surface area (Å²) in [6.45, 7) is 4.25. The zero-order valence-corrected chi connectivity index (χ0v) is 18.2. The van der Waals surface area contributed by atoms with E-state index in [-0.39, 0.29) is 11.3 Å². The molecule has 1 saturated heterocycles. The first kappa shape index (κ1) is 19.7. The first-order valence-corrected chi connectivity index (χ1v) is 11.4. The summed E-state index contributed by atoms with van der Waals surface area (Å²) in [5, 5.41) is 14.5. The Bertz CT molecular complexity index is 1190. The fraction of sp³-hybridized carbons (Fsp3) is 0.304. The van der Waals surface area contributed by atoms with Crippen LogP contribution in [0.2, 0.25) is 0 Å². The standard InChI is InChI=1S/C23H24N6OS/c1-2-24-22-26-19(15-31-22)23(17-7-4-3-5-8-17)10-13-28(14-11-23)21(30)18-9-6-12-29-16-25-27-20(18)29/h3-9,12,15-16H,2,10-11,13-14H2,1H3,(H,24,26). The van der Waals surface area contributed by atoms with Crippen LogP contribution in [-0.2, 0) is 5.41 Å². The Labute approximate surface area is 184 Å². The van der Waals surface area contributed by atoms with E-state index in [4.69, 9.17) is 4.98 Å². The summed E-state index contributed by atoms with van der Waals surface area (Å²) in [4.78, 5) is 20.2. The van der Waals surface area contributed by atoms with Gasteiger partial charge in [-0.1, -0.05) is 30.3 Å². The van der Waals surface area contributed by atoms with E-state index in [1.807, 2.05) is 29.3 Å². The fourth-order valence-corrected chi connectivity index (χ4v) is 5.34. The van der Waals surface area contributed by atoms with Crippen molar-refractivity contribution >= 4 is 28.0 Å². The van der Waals surface area contributed by atoms with Crippen molar-refractivity contribution in [2.75, 3.05) is 25.0 Å². The van der Waals surface area contributed by atoms with E-state index in [1.54, 1.807) is 22.1 Å². The zero-order chi connectivity index (χ0) is 21.3. The summed E-state index contributed by atoms with van der Waals surface area (Å²) >= 11 is 1.65. The predicted molar refractivity (Wildman–Crippen MR) is 122 cm³/mol. The number of rotatable bonds is 5. The first-order valence-electron chi connectivity index (χ1n) is 10.5. The number of hydrogen-bond donors (Lipinski definition) is 1. The van der Waals surface area contributed by atoms with Gasteiger partial charge in [-0.2, -0.15) is 0 Å². The van der Waals surface area contributed by atoms with Crippen molar-refractivity contribution in [1.82, 2.24) is 24.5 Å². The van der Waals surface area contributed by atoms with E-state index in [0.29, 0.717) is 24.3 Å². The second kappa shape index (κ2) is 8.11. The van der Waals surface area contributed by atoms with E-state index < -0.39 is 0 Å². The number of piperidine rings is 1. The van der Waals surface area contributed by atoms with Crippen molar-refractivity contribution in [2.45, 2.75) is 25.2 Å². The van der Waals surface area contributed by atoms with Gasteiger partial charge >= 0.3 is 0 Å². The first-order chi connectivity index (χ1) is 15.2. The number of thiazole rings is 1. The molecule has 1 aliphatic heterocycles. The van der Waals surface area contributed by atoms with Crippen molar-refractivity contribution in [3.63, 3.8) is 0 Å². The second-order valence-corrected chi connectivity index (χ2v) is 8.65. The van der Waals surface area contributed by atoms with Gasteiger partial charge < -0.3 is 10.2 Å². The molecule has 0 radical (unpaired) electrons. The molecule has 1 N–H and O–H groups in total. The van der Waals surface area contributed by atoms with Crippen LogP contribution in [0.1, 0.15) is 41.4 Å². The minimum absolute atomic E-state index is 0.00637. The van der Waals surface area contributed by atoms with Crippen LogP contribution < -0.4 is 5.32 Å². The van der Waals surface area contributed by atoms with Crippen LogP contribution >= 0.6 is 11.3 Å². The normalized spacial score (nSPS) is 15.8. The average Bonchev–Trinajstić information content (AvgIpc) is 3.49. The van der Waals surface area contributed by atoms with E-state index in [1.165, 1.54) is 5.56 Å². The zero-order valence-electron chi connectivity index (χ0n) is 17.4. The molecule has 158 valence electrons. The molecule has 0 aliphatic carbocycles. The number of benzene rings is 1. The molecule has 8 heteroatoms. The molecule has 5 rings (SSSR count). The Hall–Kier alpha value is -3.26. The Morgan fingerprint density at radius 2 is 1.97 bits per heavy atom. The number of nitrogens with zero attached hydrogens (tertiary/aromatic N) is 5. The van der Waals surface area contributed by atoms with Gasteiger partial charge in [-0.05, 0) is 37.5 Å². The highest BCUT2D eigenvalue weighted by molar-refractivity contribution is 7.13. The molecule has 3 aromatic heterocycles. The summed E-state index contributed by atoms with van der Waals surface area (Å²) in [5.41, 5.74) is 3.35. The molecule has 1 aromatic carbocycles. The molecule has 1 aliphatic rings. The van der Waals surface area contributed by atoms with Gasteiger partial charge in [-0.15, -0.1) is 21.5 Å². The maximum absolute atomic E-state index is 13.3. The van der Waals surface area contributed by atoms with Crippen LogP contribution in [0.15, 0.2) is 60.4 Å². The number of amides is 1. The van der Waals surface area contributed by atoms with Crippen LogP contribution in [0.5, 0.6) is 0 Å². The van der Waals surface area contributed by atoms with Crippen LogP contribution in [0.4, 0.5) is 5.13 Å². The number of pyridine rings is 1. The van der Waals surface area contributed by atoms with Gasteiger partial charge in [0, 0.05) is 36.6 Å². The molecule has 0 atom stereocenters. The lowest BCUT2D eigenvalue weighted by Crippen LogP contribution is -2.46. The number of carbonyl (C=O) groups is 1. The maximum Gasteiger partial charge on any atom is 0.257 e. The van der Waals surface area contributed by atoms with Crippen LogP contribution in [0.25, 0.3) is 5.65 Å². The Morgan fingerprint density at radius 3 is 2.74 bits per heavy atom. The lowest BCUT2D eigenvalue weighted by molar-refractivity contribution is 0.0685. The molecule has 1 fully saturated rings. The monoisotopic (exact) mass is 432 g/mol. The highest BCUT2D eigenvalue weighted by Crippen LogP contribution is 2.42. The third-order valence-electron chi connectivity index (χ3n) is 6.11. The number of carbonyl (C=O) groups excluding carboxylic acids is 1. The van der Waals surface area contributed by atoms with Gasteiger partial charge in [0.05, 0.1) is 11.3 Å². The Kier molecular flexibility index (Phi) is 5.15. The lowest BCUT2D eigenvalue weighted by Gasteiger charge is -2.41. The SMILES string of the molecule is CCNc1nc(C2(c3ccccc3)CCN(C(=O)c3cccn4cnnc34)CC2)cs1. The summed E-state index contributed by atoms with van der Waals surface area (Å²) in [7, 11) is 0. The third kappa shape index (κ3) is 3.46. The highest BCUT2D eigenvalue weighted by atomic mass is 32.1. The van der Waals surface area contributed by atoms with Crippen molar-refractivity contribution in [3.8, 4) is 0 Å². The van der Waals surface area contributed by atoms with Gasteiger partial charge in [0.25, 0.3) is 5.91 Å². The predicted octanol–water partition coefficient (Wildman–Crippen LogP) is 3.84. The number of hydrogen-bond acceptors (Lipinski definition) is 6. The van der Waals surface area contributed by atoms with E-state index >= 15 is 0 Å². The number of fused-ring (bicyclic) bond motifs is 1. The molecule has 0 bridgehead atoms. The van der Waals surface area contributed by atoms with Gasteiger partial charge in [0.1, 0.15) is 6.33 Å². The molecular formula is C23H24N6OS. The van der Waals surface area contributed by atoms with Crippen molar-refractivity contribution in [1.29, 1.82) is 0 Å². The second-order valence-electron chi connectivity index (χ2n) is 7.79. The van der Waals surface area contributed by atoms with E-state index in [2.05, 4.69) is 52.1 Å². The summed E-state index contributed by atoms with van der Waals surface area (Å²) in [6, 6.07) is 14.3. The molecule has 4 heterocycles. The molecule has 31 heavy (non-hydrogen) atoms. The maximum atomic E-state index is 13.3. The van der Waals surface area contributed by atoms with Crippen molar-refractivity contribution in [3.05, 3.63) is 77.2 Å². The summed E-state index contributed by atoms with van der Waals surface area (Å²) in [5.74, 6) is 0.00637. The third-order valence-corrected chi connectivity index (χ3v) is 6.91. The Balaban J connectivity index is 1.44. The molecule has 1 amide bonds. The minimum Gasteiger partial charge on any atom is -0.362 e. The van der Waals surface area contributed by atoms with Crippen molar-refractivity contribution < 1.29 is 4.79 Å². The largest absolute Gasteiger partial charge is 0.362 e. The number of nitrogens with one attached hydrogen (secondary N) is 1. The molecule has 0 unspecified atom stereocenters. The van der Waals surface area contributed by atoms with Crippen LogP contribution in [0.3, 0.4) is 0 Å².